The predicted molar refractivity (Wildman–Crippen MR) is 257 cm³/mol. The molecule has 10 aromatic carbocycles. The normalized spacial score (nSPS) is 11.6. The summed E-state index contributed by atoms with van der Waals surface area (Å²) in [5.41, 5.74) is 15.4. The van der Waals surface area contributed by atoms with Crippen LogP contribution in [-0.2, 0) is 0 Å². The van der Waals surface area contributed by atoms with E-state index in [1.807, 2.05) is 0 Å². The molecule has 0 atom stereocenters. The van der Waals surface area contributed by atoms with E-state index in [-0.39, 0.29) is 0 Å². The fourth-order valence-electron chi connectivity index (χ4n) is 9.45. The minimum atomic E-state index is 0.870. The van der Waals surface area contributed by atoms with Gasteiger partial charge in [-0.05, 0) is 93.7 Å². The molecule has 286 valence electrons. The van der Waals surface area contributed by atoms with Gasteiger partial charge < -0.3 is 13.9 Å². The highest BCUT2D eigenvalue weighted by Gasteiger charge is 2.22. The van der Waals surface area contributed by atoms with Crippen LogP contribution in [0.25, 0.3) is 93.6 Å². The van der Waals surface area contributed by atoms with Crippen LogP contribution in [0.4, 0.5) is 17.1 Å². The van der Waals surface area contributed by atoms with Crippen molar-refractivity contribution in [3.63, 3.8) is 0 Å². The van der Waals surface area contributed by atoms with Crippen LogP contribution in [-0.4, -0.2) is 4.57 Å². The Labute approximate surface area is 353 Å². The number of hydrogen-bond donors (Lipinski definition) is 0. The quantitative estimate of drug-likeness (QED) is 0.161. The second kappa shape index (κ2) is 14.3. The summed E-state index contributed by atoms with van der Waals surface area (Å²) in [5, 5.41) is 6.95. The average molecular weight is 779 g/mol. The second-order valence-electron chi connectivity index (χ2n) is 15.6. The molecule has 0 aliphatic rings. The van der Waals surface area contributed by atoms with Gasteiger partial charge in [0.2, 0.25) is 0 Å². The lowest BCUT2D eigenvalue weighted by molar-refractivity contribution is 0.670. The molecule has 0 saturated heterocycles. The molecule has 0 radical (unpaired) electrons. The molecule has 0 fully saturated rings. The van der Waals surface area contributed by atoms with Gasteiger partial charge in [0, 0.05) is 49.7 Å². The molecule has 0 bridgehead atoms. The number of nitrogens with zero attached hydrogens (tertiary/aromatic N) is 2. The summed E-state index contributed by atoms with van der Waals surface area (Å²) in [6.07, 6.45) is 0. The number of furan rings is 1. The Balaban J connectivity index is 1.07. The molecule has 12 rings (SSSR count). The van der Waals surface area contributed by atoms with E-state index in [4.69, 9.17) is 4.42 Å². The fourth-order valence-corrected chi connectivity index (χ4v) is 9.45. The zero-order chi connectivity index (χ0) is 40.3. The Bertz CT molecular complexity index is 3570. The van der Waals surface area contributed by atoms with Gasteiger partial charge in [0.25, 0.3) is 0 Å². The number of benzene rings is 10. The van der Waals surface area contributed by atoms with Gasteiger partial charge in [-0.1, -0.05) is 170 Å². The Morgan fingerprint density at radius 2 is 0.951 bits per heavy atom. The lowest BCUT2D eigenvalue weighted by atomic mass is 9.96. The van der Waals surface area contributed by atoms with Crippen molar-refractivity contribution in [2.24, 2.45) is 0 Å². The summed E-state index contributed by atoms with van der Waals surface area (Å²) >= 11 is 0. The van der Waals surface area contributed by atoms with Crippen LogP contribution in [0.15, 0.2) is 235 Å². The van der Waals surface area contributed by atoms with E-state index in [0.29, 0.717) is 0 Å². The van der Waals surface area contributed by atoms with Gasteiger partial charge >= 0.3 is 0 Å². The second-order valence-corrected chi connectivity index (χ2v) is 15.6. The van der Waals surface area contributed by atoms with Crippen molar-refractivity contribution in [2.75, 3.05) is 4.90 Å². The van der Waals surface area contributed by atoms with Crippen LogP contribution in [0.2, 0.25) is 0 Å². The number of para-hydroxylation sites is 4. The predicted octanol–water partition coefficient (Wildman–Crippen LogP) is 16.3. The van der Waals surface area contributed by atoms with Crippen LogP contribution in [0.5, 0.6) is 0 Å². The number of rotatable bonds is 7. The van der Waals surface area contributed by atoms with E-state index in [0.717, 1.165) is 72.2 Å². The van der Waals surface area contributed by atoms with Crippen molar-refractivity contribution < 1.29 is 4.42 Å². The summed E-state index contributed by atoms with van der Waals surface area (Å²) in [6, 6.07) is 82.7. The maximum absolute atomic E-state index is 6.98. The van der Waals surface area contributed by atoms with E-state index in [2.05, 4.69) is 240 Å². The third-order valence-electron chi connectivity index (χ3n) is 12.2. The SMILES string of the molecule is c1ccc(-c2ccc(N(c3ccc4ccc5oc6c(-c7cccc8c7c7ccccc7n8-c7ccccc7)cccc6c5c4c3)c3ccccc3-c3ccccc3)cc2)cc1. The van der Waals surface area contributed by atoms with Crippen LogP contribution in [0, 0.1) is 0 Å². The first-order chi connectivity index (χ1) is 30.3. The van der Waals surface area contributed by atoms with E-state index >= 15 is 0 Å². The maximum atomic E-state index is 6.98. The molecule has 0 unspecified atom stereocenters. The highest BCUT2D eigenvalue weighted by Crippen LogP contribution is 2.46. The van der Waals surface area contributed by atoms with Gasteiger partial charge in [-0.25, -0.2) is 0 Å². The highest BCUT2D eigenvalue weighted by molar-refractivity contribution is 6.23. The van der Waals surface area contributed by atoms with E-state index in [9.17, 15) is 0 Å². The van der Waals surface area contributed by atoms with Crippen LogP contribution in [0.1, 0.15) is 0 Å². The molecule has 2 heterocycles. The van der Waals surface area contributed by atoms with Crippen molar-refractivity contribution in [3.8, 4) is 39.1 Å². The summed E-state index contributed by atoms with van der Waals surface area (Å²) < 4.78 is 9.35. The number of anilines is 3. The first-order valence-corrected chi connectivity index (χ1v) is 20.8. The minimum absolute atomic E-state index is 0.870. The minimum Gasteiger partial charge on any atom is -0.455 e. The molecule has 2 aromatic heterocycles. The molecule has 0 aliphatic heterocycles. The molecule has 12 aromatic rings. The van der Waals surface area contributed by atoms with Crippen molar-refractivity contribution in [3.05, 3.63) is 231 Å². The molecule has 0 N–H and O–H groups in total. The first kappa shape index (κ1) is 34.9. The van der Waals surface area contributed by atoms with E-state index in [1.165, 1.54) is 38.5 Å². The van der Waals surface area contributed by atoms with Crippen LogP contribution >= 0.6 is 0 Å². The molecule has 0 spiro atoms. The molecule has 61 heavy (non-hydrogen) atoms. The zero-order valence-corrected chi connectivity index (χ0v) is 33.2. The lowest BCUT2D eigenvalue weighted by Gasteiger charge is -2.28. The third-order valence-corrected chi connectivity index (χ3v) is 12.2. The Kier molecular flexibility index (Phi) is 8.17. The largest absolute Gasteiger partial charge is 0.455 e. The fraction of sp³-hybridized carbons (Fsp3) is 0. The van der Waals surface area contributed by atoms with Gasteiger partial charge in [-0.2, -0.15) is 0 Å². The monoisotopic (exact) mass is 778 g/mol. The highest BCUT2D eigenvalue weighted by atomic mass is 16.3. The topological polar surface area (TPSA) is 21.3 Å². The van der Waals surface area contributed by atoms with Crippen molar-refractivity contribution in [1.29, 1.82) is 0 Å². The molecular formula is C58H38N2O. The van der Waals surface area contributed by atoms with Crippen molar-refractivity contribution in [1.82, 2.24) is 4.57 Å². The van der Waals surface area contributed by atoms with Gasteiger partial charge in [0.15, 0.2) is 0 Å². The number of fused-ring (bicyclic) bond motifs is 8. The van der Waals surface area contributed by atoms with Crippen LogP contribution < -0.4 is 4.90 Å². The maximum Gasteiger partial charge on any atom is 0.143 e. The summed E-state index contributed by atoms with van der Waals surface area (Å²) in [5.74, 6) is 0. The molecule has 3 heteroatoms. The van der Waals surface area contributed by atoms with E-state index in [1.54, 1.807) is 0 Å². The Morgan fingerprint density at radius 3 is 1.77 bits per heavy atom. The summed E-state index contributed by atoms with van der Waals surface area (Å²) in [4.78, 5) is 2.40. The third kappa shape index (κ3) is 5.74. The van der Waals surface area contributed by atoms with Gasteiger partial charge in [0.05, 0.1) is 16.7 Å². The smallest absolute Gasteiger partial charge is 0.143 e. The molecule has 0 aliphatic carbocycles. The van der Waals surface area contributed by atoms with Crippen molar-refractivity contribution >= 4 is 71.6 Å². The lowest BCUT2D eigenvalue weighted by Crippen LogP contribution is -2.11. The number of hydrogen-bond acceptors (Lipinski definition) is 2. The van der Waals surface area contributed by atoms with E-state index < -0.39 is 0 Å². The molecular weight excluding hydrogens is 741 g/mol. The Hall–Kier alpha value is -8.14. The molecule has 0 saturated carbocycles. The number of aromatic nitrogens is 1. The van der Waals surface area contributed by atoms with Crippen LogP contribution in [0.3, 0.4) is 0 Å². The molecule has 0 amide bonds. The van der Waals surface area contributed by atoms with Gasteiger partial charge in [0.1, 0.15) is 11.2 Å². The average Bonchev–Trinajstić information content (AvgIpc) is 3.90. The Morgan fingerprint density at radius 1 is 0.361 bits per heavy atom. The first-order valence-electron chi connectivity index (χ1n) is 20.8. The summed E-state index contributed by atoms with van der Waals surface area (Å²) in [6.45, 7) is 0. The standard InChI is InChI=1S/C58H38N2O/c1-4-16-39(17-5-1)40-30-34-44(35-31-40)59(52-27-12-10-22-46(52)41-18-6-2-7-19-41)45-36-32-42-33-37-55-57(51(42)38-45)50-26-14-25-48(58(50)61-55)47-24-15-29-54-56(47)49-23-11-13-28-53(49)60(54)43-20-8-3-9-21-43/h1-38H. The van der Waals surface area contributed by atoms with Gasteiger partial charge in [-0.15, -0.1) is 0 Å². The van der Waals surface area contributed by atoms with Gasteiger partial charge in [-0.3, -0.25) is 0 Å². The molecule has 3 nitrogen and oxygen atoms in total. The van der Waals surface area contributed by atoms with Crippen molar-refractivity contribution in [2.45, 2.75) is 0 Å². The zero-order valence-electron chi connectivity index (χ0n) is 33.2. The summed E-state index contributed by atoms with van der Waals surface area (Å²) in [7, 11) is 0.